The Hall–Kier alpha value is -2.43. The average molecular weight is 234 g/mol. The third-order valence-corrected chi connectivity index (χ3v) is 2.08. The predicted molar refractivity (Wildman–Crippen MR) is 59.4 cm³/mol. The summed E-state index contributed by atoms with van der Waals surface area (Å²) in [5.41, 5.74) is 0.887. The second-order valence-electron chi connectivity index (χ2n) is 3.40. The van der Waals surface area contributed by atoms with E-state index in [1.807, 2.05) is 6.92 Å². The van der Waals surface area contributed by atoms with E-state index in [1.165, 1.54) is 12.1 Å². The van der Waals surface area contributed by atoms with E-state index in [9.17, 15) is 14.4 Å². The van der Waals surface area contributed by atoms with Gasteiger partial charge in [0.2, 0.25) is 0 Å². The Balaban J connectivity index is 3.19. The van der Waals surface area contributed by atoms with Crippen LogP contribution in [0.5, 0.6) is 0 Å². The van der Waals surface area contributed by atoms with E-state index in [-0.39, 0.29) is 11.1 Å². The summed E-state index contributed by atoms with van der Waals surface area (Å²) < 4.78 is 0. The molecule has 0 aromatic heterocycles. The Kier molecular flexibility index (Phi) is 3.77. The van der Waals surface area contributed by atoms with Crippen molar-refractivity contribution in [2.24, 2.45) is 0 Å². The quantitative estimate of drug-likeness (QED) is 0.601. The van der Waals surface area contributed by atoms with Crippen LogP contribution in [0.1, 0.15) is 11.1 Å². The van der Waals surface area contributed by atoms with Crippen LogP contribution in [0.15, 0.2) is 30.3 Å². The number of aryl methyl sites for hydroxylation is 1. The Morgan fingerprint density at radius 3 is 1.94 bits per heavy atom. The van der Waals surface area contributed by atoms with Crippen LogP contribution in [0.3, 0.4) is 0 Å². The van der Waals surface area contributed by atoms with Crippen LogP contribution < -0.4 is 0 Å². The first kappa shape index (κ1) is 12.6. The summed E-state index contributed by atoms with van der Waals surface area (Å²) >= 11 is 0. The molecule has 0 bridgehead atoms. The first-order valence-corrected chi connectivity index (χ1v) is 4.71. The third kappa shape index (κ3) is 3.27. The zero-order chi connectivity index (χ0) is 13.0. The monoisotopic (exact) mass is 234 g/mol. The first-order chi connectivity index (χ1) is 7.91. The molecule has 0 saturated carbocycles. The summed E-state index contributed by atoms with van der Waals surface area (Å²) in [6.45, 7) is 1.83. The van der Waals surface area contributed by atoms with Crippen LogP contribution in [-0.4, -0.2) is 27.9 Å². The molecule has 0 unspecified atom stereocenters. The number of rotatable bonds is 4. The second-order valence-corrected chi connectivity index (χ2v) is 3.40. The zero-order valence-corrected chi connectivity index (χ0v) is 9.01. The minimum atomic E-state index is -1.68. The van der Waals surface area contributed by atoms with E-state index in [0.717, 1.165) is 5.56 Å². The van der Waals surface area contributed by atoms with Gasteiger partial charge >= 0.3 is 11.9 Å². The molecule has 0 atom stereocenters. The fourth-order valence-corrected chi connectivity index (χ4v) is 1.19. The molecule has 5 heteroatoms. The van der Waals surface area contributed by atoms with Crippen molar-refractivity contribution >= 4 is 23.3 Å². The van der Waals surface area contributed by atoms with Crippen molar-refractivity contribution < 1.29 is 24.6 Å². The summed E-state index contributed by atoms with van der Waals surface area (Å²) in [6, 6.07) is 6.39. The van der Waals surface area contributed by atoms with Crippen molar-refractivity contribution in [3.63, 3.8) is 0 Å². The van der Waals surface area contributed by atoms with Gasteiger partial charge in [-0.1, -0.05) is 29.8 Å². The molecule has 0 aliphatic rings. The van der Waals surface area contributed by atoms with Gasteiger partial charge in [0.05, 0.1) is 5.57 Å². The number of carbonyl (C=O) groups is 3. The lowest BCUT2D eigenvalue weighted by Crippen LogP contribution is -2.12. The van der Waals surface area contributed by atoms with Crippen LogP contribution in [-0.2, 0) is 14.4 Å². The fourth-order valence-electron chi connectivity index (χ4n) is 1.19. The predicted octanol–water partition coefficient (Wildman–Crippen LogP) is 1.12. The molecule has 1 aromatic rings. The topological polar surface area (TPSA) is 91.7 Å². The van der Waals surface area contributed by atoms with Crippen molar-refractivity contribution in [2.45, 2.75) is 6.92 Å². The minimum absolute atomic E-state index is 0.290. The van der Waals surface area contributed by atoms with E-state index >= 15 is 0 Å². The van der Waals surface area contributed by atoms with Crippen LogP contribution in [0.25, 0.3) is 5.57 Å². The van der Waals surface area contributed by atoms with Gasteiger partial charge in [-0.05, 0) is 12.5 Å². The maximum atomic E-state index is 11.0. The van der Waals surface area contributed by atoms with E-state index in [1.54, 1.807) is 12.1 Å². The van der Waals surface area contributed by atoms with Gasteiger partial charge in [0, 0.05) is 6.08 Å². The Morgan fingerprint density at radius 2 is 1.53 bits per heavy atom. The molecule has 5 nitrogen and oxygen atoms in total. The SMILES string of the molecule is Cc1ccc(C(=CC(=O)C(=O)O)C(=O)O)cc1. The van der Waals surface area contributed by atoms with Gasteiger partial charge in [0.25, 0.3) is 5.78 Å². The standard InChI is InChI=1S/C12H10O5/c1-7-2-4-8(5-3-7)9(11(14)15)6-10(13)12(16)17/h2-6H,1H3,(H,14,15)(H,16,17). The molecule has 17 heavy (non-hydrogen) atoms. The fraction of sp³-hybridized carbons (Fsp3) is 0.0833. The van der Waals surface area contributed by atoms with Gasteiger partial charge in [-0.15, -0.1) is 0 Å². The third-order valence-electron chi connectivity index (χ3n) is 2.08. The van der Waals surface area contributed by atoms with Crippen molar-refractivity contribution in [1.29, 1.82) is 0 Å². The summed E-state index contributed by atoms with van der Waals surface area (Å²) in [5.74, 6) is -4.29. The lowest BCUT2D eigenvalue weighted by Gasteiger charge is -2.02. The molecule has 0 spiro atoms. The molecule has 0 fully saturated rings. The number of aliphatic carboxylic acids is 2. The van der Waals surface area contributed by atoms with E-state index in [2.05, 4.69) is 0 Å². The van der Waals surface area contributed by atoms with E-state index < -0.39 is 17.7 Å². The Bertz CT molecular complexity index is 496. The number of ketones is 1. The summed E-state index contributed by atoms with van der Waals surface area (Å²) in [4.78, 5) is 32.2. The van der Waals surface area contributed by atoms with Crippen molar-refractivity contribution in [1.82, 2.24) is 0 Å². The number of carboxylic acids is 2. The van der Waals surface area contributed by atoms with Crippen molar-refractivity contribution in [3.8, 4) is 0 Å². The lowest BCUT2D eigenvalue weighted by molar-refractivity contribution is -0.146. The largest absolute Gasteiger partial charge is 0.478 e. The normalized spacial score (nSPS) is 11.0. The number of carboxylic acid groups (broad SMARTS) is 2. The molecule has 0 aliphatic carbocycles. The van der Waals surface area contributed by atoms with Gasteiger partial charge in [-0.25, -0.2) is 9.59 Å². The average Bonchev–Trinajstić information content (AvgIpc) is 2.26. The van der Waals surface area contributed by atoms with E-state index in [0.29, 0.717) is 6.08 Å². The number of hydrogen-bond acceptors (Lipinski definition) is 3. The maximum absolute atomic E-state index is 11.0. The van der Waals surface area contributed by atoms with Crippen LogP contribution in [0.4, 0.5) is 0 Å². The van der Waals surface area contributed by atoms with Crippen molar-refractivity contribution in [2.75, 3.05) is 0 Å². The summed E-state index contributed by atoms with van der Waals surface area (Å²) in [5, 5.41) is 17.3. The van der Waals surface area contributed by atoms with Gasteiger partial charge in [-0.2, -0.15) is 0 Å². The van der Waals surface area contributed by atoms with Gasteiger partial charge in [0.1, 0.15) is 0 Å². The molecule has 1 aromatic carbocycles. The van der Waals surface area contributed by atoms with Crippen LogP contribution in [0.2, 0.25) is 0 Å². The number of benzene rings is 1. The maximum Gasteiger partial charge on any atom is 0.376 e. The molecule has 0 heterocycles. The van der Waals surface area contributed by atoms with Gasteiger partial charge in [0.15, 0.2) is 0 Å². The van der Waals surface area contributed by atoms with Crippen LogP contribution >= 0.6 is 0 Å². The van der Waals surface area contributed by atoms with Gasteiger partial charge < -0.3 is 10.2 Å². The summed E-state index contributed by atoms with van der Waals surface area (Å²) in [7, 11) is 0. The molecule has 0 radical (unpaired) electrons. The number of carbonyl (C=O) groups excluding carboxylic acids is 1. The molecular formula is C12H10O5. The van der Waals surface area contributed by atoms with Crippen molar-refractivity contribution in [3.05, 3.63) is 41.5 Å². The molecule has 2 N–H and O–H groups in total. The highest BCUT2D eigenvalue weighted by molar-refractivity contribution is 6.41. The zero-order valence-electron chi connectivity index (χ0n) is 9.01. The smallest absolute Gasteiger partial charge is 0.376 e. The van der Waals surface area contributed by atoms with Crippen LogP contribution in [0, 0.1) is 6.92 Å². The van der Waals surface area contributed by atoms with E-state index in [4.69, 9.17) is 10.2 Å². The highest BCUT2D eigenvalue weighted by atomic mass is 16.4. The molecule has 1 rings (SSSR count). The number of hydrogen-bond donors (Lipinski definition) is 2. The molecule has 88 valence electrons. The highest BCUT2D eigenvalue weighted by Gasteiger charge is 2.16. The first-order valence-electron chi connectivity index (χ1n) is 4.71. The lowest BCUT2D eigenvalue weighted by atomic mass is 10.0. The molecular weight excluding hydrogens is 224 g/mol. The van der Waals surface area contributed by atoms with Gasteiger partial charge in [-0.3, -0.25) is 4.79 Å². The highest BCUT2D eigenvalue weighted by Crippen LogP contribution is 2.15. The minimum Gasteiger partial charge on any atom is -0.478 e. The molecule has 0 aliphatic heterocycles. The summed E-state index contributed by atoms with van der Waals surface area (Å²) in [6.07, 6.45) is 0.606. The molecule has 0 saturated heterocycles. The second kappa shape index (κ2) is 5.07. The Labute approximate surface area is 97.0 Å². The molecule has 0 amide bonds. The Morgan fingerprint density at radius 1 is 1.00 bits per heavy atom.